The summed E-state index contributed by atoms with van der Waals surface area (Å²) in [6.45, 7) is 3.63. The fourth-order valence-corrected chi connectivity index (χ4v) is 0.483. The maximum atomic E-state index is 10.2. The zero-order valence-electron chi connectivity index (χ0n) is 6.08. The molecule has 0 aliphatic rings. The van der Waals surface area contributed by atoms with Crippen molar-refractivity contribution in [3.8, 4) is 0 Å². The summed E-state index contributed by atoms with van der Waals surface area (Å²) in [4.78, 5) is 10.2. The van der Waals surface area contributed by atoms with Crippen LogP contribution in [-0.4, -0.2) is 26.3 Å². The Balaban J connectivity index is 3.38. The Kier molecular flexibility index (Phi) is 6.02. The van der Waals surface area contributed by atoms with Crippen molar-refractivity contribution >= 4 is 6.29 Å². The lowest BCUT2D eigenvalue weighted by molar-refractivity contribution is -0.127. The first-order valence-corrected chi connectivity index (χ1v) is 3.02. The first-order chi connectivity index (χ1) is 4.85. The molecule has 0 bridgehead atoms. The molecule has 0 aromatic rings. The van der Waals surface area contributed by atoms with E-state index in [4.69, 9.17) is 4.74 Å². The number of hydrogen-bond acceptors (Lipinski definition) is 3. The van der Waals surface area contributed by atoms with Crippen LogP contribution in [0.5, 0.6) is 0 Å². The maximum absolute atomic E-state index is 10.2. The van der Waals surface area contributed by atoms with Crippen molar-refractivity contribution in [2.45, 2.75) is 12.5 Å². The molecule has 0 heterocycles. The molecule has 3 nitrogen and oxygen atoms in total. The number of ether oxygens (including phenoxy) is 2. The number of carbonyl (C=O) groups is 1. The Morgan fingerprint density at radius 3 is 2.80 bits per heavy atom. The fourth-order valence-electron chi connectivity index (χ4n) is 0.483. The van der Waals surface area contributed by atoms with Crippen LogP contribution < -0.4 is 0 Å². The summed E-state index contributed by atoms with van der Waals surface area (Å²) in [5, 5.41) is 0. The van der Waals surface area contributed by atoms with Crippen molar-refractivity contribution in [3.63, 3.8) is 0 Å². The Morgan fingerprint density at radius 1 is 1.70 bits per heavy atom. The van der Waals surface area contributed by atoms with Crippen LogP contribution in [0.15, 0.2) is 12.7 Å². The van der Waals surface area contributed by atoms with Crippen molar-refractivity contribution in [2.24, 2.45) is 0 Å². The number of rotatable bonds is 6. The van der Waals surface area contributed by atoms with Crippen LogP contribution >= 0.6 is 0 Å². The van der Waals surface area contributed by atoms with E-state index in [1.807, 2.05) is 0 Å². The average molecular weight is 144 g/mol. The van der Waals surface area contributed by atoms with Gasteiger partial charge in [-0.2, -0.15) is 0 Å². The smallest absolute Gasteiger partial charge is 0.149 e. The lowest BCUT2D eigenvalue weighted by Gasteiger charge is -2.06. The maximum Gasteiger partial charge on any atom is 0.149 e. The molecule has 0 amide bonds. The van der Waals surface area contributed by atoms with Gasteiger partial charge in [0.05, 0.1) is 0 Å². The number of hydrogen-bond donors (Lipinski definition) is 0. The van der Waals surface area contributed by atoms with Gasteiger partial charge in [-0.05, 0) is 6.42 Å². The van der Waals surface area contributed by atoms with Gasteiger partial charge < -0.3 is 14.3 Å². The molecule has 0 spiro atoms. The fraction of sp³-hybridized carbons (Fsp3) is 0.571. The molecule has 0 aromatic carbocycles. The largest absolute Gasteiger partial charge is 0.359 e. The van der Waals surface area contributed by atoms with Gasteiger partial charge >= 0.3 is 0 Å². The Labute approximate surface area is 60.6 Å². The topological polar surface area (TPSA) is 35.5 Å². The molecule has 10 heavy (non-hydrogen) atoms. The minimum Gasteiger partial charge on any atom is -0.359 e. The van der Waals surface area contributed by atoms with Crippen LogP contribution in [0.4, 0.5) is 0 Å². The predicted molar refractivity (Wildman–Crippen MR) is 37.6 cm³/mol. The molecule has 0 fully saturated rings. The molecule has 0 N–H and O–H groups in total. The van der Waals surface area contributed by atoms with Crippen molar-refractivity contribution in [3.05, 3.63) is 12.7 Å². The standard InChI is InChI=1S/C7H12O3/c1-3-4-7(5-8)10-6-9-2/h3,5,7H,1,4,6H2,2H3. The number of aldehydes is 1. The van der Waals surface area contributed by atoms with Gasteiger partial charge in [0.2, 0.25) is 0 Å². The highest BCUT2D eigenvalue weighted by molar-refractivity contribution is 5.56. The van der Waals surface area contributed by atoms with E-state index in [-0.39, 0.29) is 6.79 Å². The van der Waals surface area contributed by atoms with Gasteiger partial charge in [-0.3, -0.25) is 0 Å². The summed E-state index contributed by atoms with van der Waals surface area (Å²) in [5.41, 5.74) is 0. The quantitative estimate of drug-likeness (QED) is 0.313. The SMILES string of the molecule is C=CCC(C=O)OCOC. The van der Waals surface area contributed by atoms with Crippen molar-refractivity contribution in [2.75, 3.05) is 13.9 Å². The summed E-state index contributed by atoms with van der Waals surface area (Å²) in [5.74, 6) is 0. The first-order valence-electron chi connectivity index (χ1n) is 3.02. The average Bonchev–Trinajstić information content (AvgIpc) is 1.98. The van der Waals surface area contributed by atoms with E-state index in [0.717, 1.165) is 6.29 Å². The molecule has 0 aliphatic heterocycles. The highest BCUT2D eigenvalue weighted by Gasteiger charge is 2.02. The lowest BCUT2D eigenvalue weighted by atomic mass is 10.3. The Bertz CT molecular complexity index is 101. The van der Waals surface area contributed by atoms with Crippen LogP contribution in [0, 0.1) is 0 Å². The van der Waals surface area contributed by atoms with Gasteiger partial charge in [0.1, 0.15) is 19.2 Å². The third kappa shape index (κ3) is 4.23. The lowest BCUT2D eigenvalue weighted by Crippen LogP contribution is -2.14. The van der Waals surface area contributed by atoms with Crippen LogP contribution in [0.2, 0.25) is 0 Å². The van der Waals surface area contributed by atoms with Crippen molar-refractivity contribution in [1.82, 2.24) is 0 Å². The minimum absolute atomic E-state index is 0.150. The molecule has 1 unspecified atom stereocenters. The van der Waals surface area contributed by atoms with Crippen molar-refractivity contribution < 1.29 is 14.3 Å². The molecule has 0 radical (unpaired) electrons. The summed E-state index contributed by atoms with van der Waals surface area (Å²) in [6.07, 6.45) is 2.50. The van der Waals surface area contributed by atoms with Gasteiger partial charge in [-0.15, -0.1) is 6.58 Å². The van der Waals surface area contributed by atoms with E-state index in [1.54, 1.807) is 6.08 Å². The van der Waals surface area contributed by atoms with E-state index < -0.39 is 6.10 Å². The normalized spacial score (nSPS) is 12.5. The summed E-state index contributed by atoms with van der Waals surface area (Å²) < 4.78 is 9.52. The van der Waals surface area contributed by atoms with E-state index in [0.29, 0.717) is 6.42 Å². The van der Waals surface area contributed by atoms with E-state index >= 15 is 0 Å². The monoisotopic (exact) mass is 144 g/mol. The van der Waals surface area contributed by atoms with Crippen LogP contribution in [0.1, 0.15) is 6.42 Å². The molecule has 0 rings (SSSR count). The molecule has 0 saturated carbocycles. The highest BCUT2D eigenvalue weighted by atomic mass is 16.7. The number of carbonyl (C=O) groups excluding carboxylic acids is 1. The van der Waals surface area contributed by atoms with Gasteiger partial charge in [0.25, 0.3) is 0 Å². The van der Waals surface area contributed by atoms with Crippen LogP contribution in [-0.2, 0) is 14.3 Å². The molecule has 0 saturated heterocycles. The van der Waals surface area contributed by atoms with Crippen molar-refractivity contribution in [1.29, 1.82) is 0 Å². The second kappa shape index (κ2) is 6.45. The summed E-state index contributed by atoms with van der Waals surface area (Å²) in [7, 11) is 1.51. The van der Waals surface area contributed by atoms with Crippen LogP contribution in [0.3, 0.4) is 0 Å². The molecular formula is C7H12O3. The van der Waals surface area contributed by atoms with Gasteiger partial charge in [-0.25, -0.2) is 0 Å². The third-order valence-corrected chi connectivity index (χ3v) is 0.951. The molecule has 0 aromatic heterocycles. The molecular weight excluding hydrogens is 132 g/mol. The van der Waals surface area contributed by atoms with E-state index in [9.17, 15) is 4.79 Å². The van der Waals surface area contributed by atoms with Gasteiger partial charge in [0.15, 0.2) is 0 Å². The number of methoxy groups -OCH3 is 1. The van der Waals surface area contributed by atoms with Gasteiger partial charge in [0, 0.05) is 7.11 Å². The third-order valence-electron chi connectivity index (χ3n) is 0.951. The zero-order valence-corrected chi connectivity index (χ0v) is 6.08. The molecule has 58 valence electrons. The second-order valence-corrected chi connectivity index (χ2v) is 1.77. The van der Waals surface area contributed by atoms with E-state index in [2.05, 4.69) is 11.3 Å². The molecule has 3 heteroatoms. The van der Waals surface area contributed by atoms with Gasteiger partial charge in [-0.1, -0.05) is 6.08 Å². The summed E-state index contributed by atoms with van der Waals surface area (Å²) >= 11 is 0. The molecule has 0 aliphatic carbocycles. The zero-order chi connectivity index (χ0) is 7.82. The minimum atomic E-state index is -0.405. The Morgan fingerprint density at radius 2 is 2.40 bits per heavy atom. The highest BCUT2D eigenvalue weighted by Crippen LogP contribution is 1.94. The van der Waals surface area contributed by atoms with E-state index in [1.165, 1.54) is 7.11 Å². The first kappa shape index (κ1) is 9.33. The Hall–Kier alpha value is -0.670. The van der Waals surface area contributed by atoms with Crippen LogP contribution in [0.25, 0.3) is 0 Å². The summed E-state index contributed by atoms with van der Waals surface area (Å²) in [6, 6.07) is 0. The second-order valence-electron chi connectivity index (χ2n) is 1.77. The molecule has 1 atom stereocenters. The predicted octanol–water partition coefficient (Wildman–Crippen LogP) is 0.750.